The monoisotopic (exact) mass is 316 g/mol. The lowest BCUT2D eigenvalue weighted by Gasteiger charge is -2.24. The van der Waals surface area contributed by atoms with Crippen molar-refractivity contribution in [1.82, 2.24) is 0 Å². The van der Waals surface area contributed by atoms with Crippen LogP contribution in [-0.4, -0.2) is 23.2 Å². The first-order valence-electron chi connectivity index (χ1n) is 5.64. The summed E-state index contributed by atoms with van der Waals surface area (Å²) in [7, 11) is 0. The van der Waals surface area contributed by atoms with Crippen molar-refractivity contribution < 1.29 is 10.0 Å². The number of nitrogens with zero attached hydrogens (tertiary/aromatic N) is 1. The molecule has 0 aliphatic heterocycles. The van der Waals surface area contributed by atoms with Gasteiger partial charge in [0.05, 0.1) is 4.92 Å². The molecule has 1 aromatic carbocycles. The second-order valence-electron chi connectivity index (χ2n) is 4.91. The Morgan fingerprint density at radius 3 is 2.72 bits per heavy atom. The van der Waals surface area contributed by atoms with Crippen molar-refractivity contribution in [1.29, 1.82) is 0 Å². The fraction of sp³-hybridized carbons (Fsp3) is 0.500. The Kier molecular flexibility index (Phi) is 5.10. The SMILES string of the molecule is CC(C)(CCO)CNc1ccc(Br)cc1[N+](=O)[O-]. The van der Waals surface area contributed by atoms with Crippen LogP contribution in [0.1, 0.15) is 20.3 Å². The van der Waals surface area contributed by atoms with Gasteiger partial charge >= 0.3 is 0 Å². The third kappa shape index (κ3) is 4.27. The molecule has 6 heteroatoms. The second kappa shape index (κ2) is 6.15. The van der Waals surface area contributed by atoms with E-state index in [1.165, 1.54) is 6.07 Å². The van der Waals surface area contributed by atoms with Crippen molar-refractivity contribution >= 4 is 27.3 Å². The number of nitrogens with one attached hydrogen (secondary N) is 1. The van der Waals surface area contributed by atoms with Crippen molar-refractivity contribution in [2.45, 2.75) is 20.3 Å². The summed E-state index contributed by atoms with van der Waals surface area (Å²) in [5.74, 6) is 0. The number of aliphatic hydroxyl groups excluding tert-OH is 1. The van der Waals surface area contributed by atoms with Crippen LogP contribution in [0.15, 0.2) is 22.7 Å². The molecule has 0 heterocycles. The van der Waals surface area contributed by atoms with Gasteiger partial charge < -0.3 is 10.4 Å². The average molecular weight is 317 g/mol. The number of nitro benzene ring substituents is 1. The number of benzene rings is 1. The quantitative estimate of drug-likeness (QED) is 0.624. The topological polar surface area (TPSA) is 75.4 Å². The van der Waals surface area contributed by atoms with E-state index >= 15 is 0 Å². The highest BCUT2D eigenvalue weighted by Gasteiger charge is 2.20. The molecule has 100 valence electrons. The van der Waals surface area contributed by atoms with Crippen LogP contribution in [0.4, 0.5) is 11.4 Å². The maximum absolute atomic E-state index is 10.9. The van der Waals surface area contributed by atoms with E-state index < -0.39 is 4.92 Å². The van der Waals surface area contributed by atoms with Crippen LogP contribution in [0.5, 0.6) is 0 Å². The Morgan fingerprint density at radius 2 is 2.17 bits per heavy atom. The second-order valence-corrected chi connectivity index (χ2v) is 5.83. The van der Waals surface area contributed by atoms with Crippen LogP contribution in [-0.2, 0) is 0 Å². The summed E-state index contributed by atoms with van der Waals surface area (Å²) in [5, 5.41) is 22.9. The van der Waals surface area contributed by atoms with Crippen LogP contribution < -0.4 is 5.32 Å². The van der Waals surface area contributed by atoms with Gasteiger partial charge in [0, 0.05) is 23.7 Å². The zero-order valence-corrected chi connectivity index (χ0v) is 12.0. The maximum Gasteiger partial charge on any atom is 0.293 e. The van der Waals surface area contributed by atoms with E-state index in [1.54, 1.807) is 12.1 Å². The highest BCUT2D eigenvalue weighted by atomic mass is 79.9. The molecule has 0 unspecified atom stereocenters. The highest BCUT2D eigenvalue weighted by molar-refractivity contribution is 9.10. The first kappa shape index (κ1) is 14.9. The minimum absolute atomic E-state index is 0.0455. The third-order valence-corrected chi connectivity index (χ3v) is 3.20. The van der Waals surface area contributed by atoms with E-state index in [0.717, 1.165) is 0 Å². The molecule has 0 aromatic heterocycles. The lowest BCUT2D eigenvalue weighted by molar-refractivity contribution is -0.384. The third-order valence-electron chi connectivity index (χ3n) is 2.70. The van der Waals surface area contributed by atoms with Gasteiger partial charge in [-0.25, -0.2) is 0 Å². The first-order valence-corrected chi connectivity index (χ1v) is 6.44. The van der Waals surface area contributed by atoms with Crippen molar-refractivity contribution in [3.8, 4) is 0 Å². The number of anilines is 1. The molecule has 1 aromatic rings. The molecule has 0 saturated heterocycles. The van der Waals surface area contributed by atoms with Crippen LogP contribution in [0.3, 0.4) is 0 Å². The molecule has 0 saturated carbocycles. The number of aliphatic hydroxyl groups is 1. The molecular weight excluding hydrogens is 300 g/mol. The van der Waals surface area contributed by atoms with Gasteiger partial charge in [-0.15, -0.1) is 0 Å². The molecule has 2 N–H and O–H groups in total. The van der Waals surface area contributed by atoms with E-state index in [1.807, 2.05) is 13.8 Å². The molecule has 0 spiro atoms. The maximum atomic E-state index is 10.9. The zero-order valence-electron chi connectivity index (χ0n) is 10.4. The van der Waals surface area contributed by atoms with E-state index in [4.69, 9.17) is 5.11 Å². The Bertz CT molecular complexity index is 435. The molecule has 0 aliphatic carbocycles. The number of hydrogen-bond donors (Lipinski definition) is 2. The smallest absolute Gasteiger partial charge is 0.293 e. The van der Waals surface area contributed by atoms with Crippen molar-refractivity contribution in [3.05, 3.63) is 32.8 Å². The molecular formula is C12H17BrN2O3. The number of rotatable bonds is 6. The van der Waals surface area contributed by atoms with Gasteiger partial charge in [0.25, 0.3) is 5.69 Å². The lowest BCUT2D eigenvalue weighted by Crippen LogP contribution is -2.24. The van der Waals surface area contributed by atoms with Gasteiger partial charge in [-0.1, -0.05) is 29.8 Å². The van der Waals surface area contributed by atoms with E-state index in [9.17, 15) is 10.1 Å². The molecule has 0 radical (unpaired) electrons. The molecule has 0 aliphatic rings. The summed E-state index contributed by atoms with van der Waals surface area (Å²) in [6, 6.07) is 4.91. The summed E-state index contributed by atoms with van der Waals surface area (Å²) in [6.45, 7) is 4.68. The van der Waals surface area contributed by atoms with Gasteiger partial charge in [0.1, 0.15) is 5.69 Å². The van der Waals surface area contributed by atoms with E-state index in [-0.39, 0.29) is 17.7 Å². The molecule has 1 rings (SSSR count). The summed E-state index contributed by atoms with van der Waals surface area (Å²) >= 11 is 3.21. The number of nitro groups is 1. The van der Waals surface area contributed by atoms with Gasteiger partial charge in [-0.05, 0) is 24.0 Å². The average Bonchev–Trinajstić information content (AvgIpc) is 2.27. The minimum Gasteiger partial charge on any atom is -0.396 e. The van der Waals surface area contributed by atoms with Gasteiger partial charge in [-0.3, -0.25) is 10.1 Å². The number of hydrogen-bond acceptors (Lipinski definition) is 4. The van der Waals surface area contributed by atoms with Crippen LogP contribution in [0.25, 0.3) is 0 Å². The molecule has 0 bridgehead atoms. The fourth-order valence-electron chi connectivity index (χ4n) is 1.53. The van der Waals surface area contributed by atoms with E-state index in [2.05, 4.69) is 21.2 Å². The largest absolute Gasteiger partial charge is 0.396 e. The Balaban J connectivity index is 2.82. The van der Waals surface area contributed by atoms with Crippen molar-refractivity contribution in [2.24, 2.45) is 5.41 Å². The summed E-state index contributed by atoms with van der Waals surface area (Å²) in [4.78, 5) is 10.5. The molecule has 0 atom stereocenters. The minimum atomic E-state index is -0.411. The molecule has 0 fully saturated rings. The predicted molar refractivity (Wildman–Crippen MR) is 74.8 cm³/mol. The lowest BCUT2D eigenvalue weighted by atomic mass is 9.89. The molecule has 5 nitrogen and oxygen atoms in total. The number of halogens is 1. The highest BCUT2D eigenvalue weighted by Crippen LogP contribution is 2.29. The Labute approximate surface area is 114 Å². The normalized spacial score (nSPS) is 11.3. The Morgan fingerprint density at radius 1 is 1.50 bits per heavy atom. The molecule has 0 amide bonds. The van der Waals surface area contributed by atoms with Crippen molar-refractivity contribution in [2.75, 3.05) is 18.5 Å². The Hall–Kier alpha value is -1.14. The summed E-state index contributed by atoms with van der Waals surface area (Å²) in [6.07, 6.45) is 0.643. The zero-order chi connectivity index (χ0) is 13.8. The van der Waals surface area contributed by atoms with Crippen LogP contribution in [0.2, 0.25) is 0 Å². The van der Waals surface area contributed by atoms with Gasteiger partial charge in [0.2, 0.25) is 0 Å². The standard InChI is InChI=1S/C12H17BrN2O3/c1-12(2,5-6-16)8-14-10-4-3-9(13)7-11(10)15(17)18/h3-4,7,14,16H,5-6,8H2,1-2H3. The fourth-order valence-corrected chi connectivity index (χ4v) is 1.88. The predicted octanol–water partition coefficient (Wildman–Crippen LogP) is 3.18. The summed E-state index contributed by atoms with van der Waals surface area (Å²) < 4.78 is 0.675. The van der Waals surface area contributed by atoms with Crippen LogP contribution >= 0.6 is 15.9 Å². The van der Waals surface area contributed by atoms with E-state index in [0.29, 0.717) is 23.1 Å². The van der Waals surface area contributed by atoms with Crippen LogP contribution in [0, 0.1) is 15.5 Å². The van der Waals surface area contributed by atoms with Gasteiger partial charge in [-0.2, -0.15) is 0 Å². The van der Waals surface area contributed by atoms with Crippen molar-refractivity contribution in [3.63, 3.8) is 0 Å². The molecule has 18 heavy (non-hydrogen) atoms. The summed E-state index contributed by atoms with van der Waals surface area (Å²) in [5.41, 5.74) is 0.425. The first-order chi connectivity index (χ1) is 8.35. The van der Waals surface area contributed by atoms with Gasteiger partial charge in [0.15, 0.2) is 0 Å².